The first-order valence-corrected chi connectivity index (χ1v) is 12.5. The fourth-order valence-corrected chi connectivity index (χ4v) is 6.81. The average molecular weight is 485 g/mol. The van der Waals surface area contributed by atoms with Crippen molar-refractivity contribution in [1.82, 2.24) is 4.90 Å². The first kappa shape index (κ1) is 25.4. The van der Waals surface area contributed by atoms with E-state index in [2.05, 4.69) is 6.58 Å². The predicted octanol–water partition coefficient (Wildman–Crippen LogP) is 2.83. The summed E-state index contributed by atoms with van der Waals surface area (Å²) in [5.74, 6) is -3.54. The first-order chi connectivity index (χ1) is 16.7. The van der Waals surface area contributed by atoms with Crippen molar-refractivity contribution in [1.29, 1.82) is 0 Å². The second-order valence-electron chi connectivity index (χ2n) is 10.1. The molecule has 8 heteroatoms. The number of fused-ring (bicyclic) bond motifs is 1. The zero-order valence-corrected chi connectivity index (χ0v) is 20.8. The lowest BCUT2D eigenvalue weighted by atomic mass is 9.65. The Morgan fingerprint density at radius 3 is 2.51 bits per heavy atom. The maximum absolute atomic E-state index is 14.4. The van der Waals surface area contributed by atoms with Crippen LogP contribution >= 0.6 is 0 Å². The number of ether oxygens (including phenoxy) is 1. The van der Waals surface area contributed by atoms with Gasteiger partial charge in [-0.15, -0.1) is 6.58 Å². The second-order valence-corrected chi connectivity index (χ2v) is 10.1. The Bertz CT molecular complexity index is 1020. The number of carbonyl (C=O) groups is 3. The molecule has 1 aromatic carbocycles. The smallest absolute Gasteiger partial charge is 0.310 e. The molecule has 190 valence electrons. The van der Waals surface area contributed by atoms with Gasteiger partial charge in [0.25, 0.3) is 5.91 Å². The average Bonchev–Trinajstić information content (AvgIpc) is 3.42. The number of aliphatic hydroxyl groups excluding tert-OH is 1. The number of carboxylic acid groups (broad SMARTS) is 1. The number of hydrogen-bond donors (Lipinski definition) is 2. The number of aliphatic carboxylic acids is 1. The second kappa shape index (κ2) is 9.39. The number of aryl methyl sites for hydroxylation is 2. The van der Waals surface area contributed by atoms with Gasteiger partial charge in [0.05, 0.1) is 11.5 Å². The Morgan fingerprint density at radius 1 is 1.26 bits per heavy atom. The minimum Gasteiger partial charge on any atom is -0.481 e. The molecule has 3 aliphatic rings. The van der Waals surface area contributed by atoms with Crippen molar-refractivity contribution in [2.75, 3.05) is 24.6 Å². The van der Waals surface area contributed by atoms with Gasteiger partial charge in [-0.05, 0) is 57.1 Å². The van der Waals surface area contributed by atoms with E-state index in [1.165, 1.54) is 4.90 Å². The van der Waals surface area contributed by atoms with Gasteiger partial charge in [0.15, 0.2) is 0 Å². The Morgan fingerprint density at radius 2 is 1.94 bits per heavy atom. The van der Waals surface area contributed by atoms with E-state index in [1.807, 2.05) is 39.0 Å². The highest BCUT2D eigenvalue weighted by Gasteiger charge is 2.79. The maximum Gasteiger partial charge on any atom is 0.310 e. The first-order valence-electron chi connectivity index (χ1n) is 12.5. The van der Waals surface area contributed by atoms with Crippen LogP contribution in [0.25, 0.3) is 0 Å². The molecule has 2 N–H and O–H groups in total. The Kier molecular flexibility index (Phi) is 6.81. The normalized spacial score (nSPS) is 31.0. The molecule has 3 aliphatic heterocycles. The van der Waals surface area contributed by atoms with Crippen LogP contribution in [0.1, 0.15) is 50.2 Å². The molecule has 2 bridgehead atoms. The number of carboxylic acids is 1. The Hall–Kier alpha value is -2.71. The molecule has 2 unspecified atom stereocenters. The quantitative estimate of drug-likeness (QED) is 0.391. The molecule has 3 fully saturated rings. The van der Waals surface area contributed by atoms with Crippen molar-refractivity contribution in [3.63, 3.8) is 0 Å². The van der Waals surface area contributed by atoms with Gasteiger partial charge in [0.1, 0.15) is 17.6 Å². The third-order valence-corrected chi connectivity index (χ3v) is 8.28. The molecular formula is C27H36N2O6. The van der Waals surface area contributed by atoms with Gasteiger partial charge in [-0.1, -0.05) is 31.2 Å². The number of para-hydroxylation sites is 1. The summed E-state index contributed by atoms with van der Waals surface area (Å²) in [4.78, 5) is 43.9. The number of nitrogens with zero attached hydrogens (tertiary/aromatic N) is 2. The molecule has 0 aliphatic carbocycles. The van der Waals surface area contributed by atoms with Crippen LogP contribution in [-0.4, -0.2) is 69.8 Å². The lowest BCUT2D eigenvalue weighted by Crippen LogP contribution is -2.56. The van der Waals surface area contributed by atoms with Gasteiger partial charge >= 0.3 is 5.97 Å². The maximum atomic E-state index is 14.4. The zero-order valence-electron chi connectivity index (χ0n) is 20.8. The topological polar surface area (TPSA) is 107 Å². The van der Waals surface area contributed by atoms with Crippen LogP contribution in [0.4, 0.5) is 5.69 Å². The number of carbonyl (C=O) groups excluding carboxylic acids is 2. The molecule has 0 aromatic heterocycles. The predicted molar refractivity (Wildman–Crippen MR) is 131 cm³/mol. The molecule has 8 nitrogen and oxygen atoms in total. The molecule has 2 amide bonds. The van der Waals surface area contributed by atoms with Gasteiger partial charge < -0.3 is 24.7 Å². The van der Waals surface area contributed by atoms with Crippen molar-refractivity contribution in [2.45, 2.75) is 70.1 Å². The van der Waals surface area contributed by atoms with Crippen LogP contribution in [0.2, 0.25) is 0 Å². The molecule has 1 spiro atoms. The zero-order chi connectivity index (χ0) is 25.5. The fourth-order valence-electron chi connectivity index (χ4n) is 6.81. The van der Waals surface area contributed by atoms with Crippen LogP contribution in [-0.2, 0) is 19.1 Å². The summed E-state index contributed by atoms with van der Waals surface area (Å²) in [6, 6.07) is 4.88. The minimum atomic E-state index is -1.18. The Balaban J connectivity index is 1.83. The van der Waals surface area contributed by atoms with Gasteiger partial charge in [-0.2, -0.15) is 0 Å². The van der Waals surface area contributed by atoms with Crippen LogP contribution in [0.5, 0.6) is 0 Å². The summed E-state index contributed by atoms with van der Waals surface area (Å²) >= 11 is 0. The highest BCUT2D eigenvalue weighted by molar-refractivity contribution is 6.05. The number of unbranched alkanes of at least 4 members (excludes halogenated alkanes) is 1. The molecule has 3 heterocycles. The van der Waals surface area contributed by atoms with Crippen molar-refractivity contribution >= 4 is 23.5 Å². The van der Waals surface area contributed by atoms with E-state index in [1.54, 1.807) is 11.0 Å². The van der Waals surface area contributed by atoms with E-state index in [0.717, 1.165) is 16.8 Å². The number of benzene rings is 1. The largest absolute Gasteiger partial charge is 0.481 e. The standard InChI is InChI=1S/C27H36N2O6/c1-5-14-28(21-17(3)10-9-11-18(21)4)24(32)22-27-13-12-26(6-2,35-27)20(25(33)34)19(27)23(31)29(22)15-7-8-16-30/h5,9-11,19-20,22,30H,1,6-8,12-16H2,2-4H3,(H,33,34)/t19-,20-,22?,26+,27?/m0/s1. The summed E-state index contributed by atoms with van der Waals surface area (Å²) in [5, 5.41) is 19.5. The number of hydrogen-bond acceptors (Lipinski definition) is 5. The number of aliphatic hydroxyl groups is 1. The molecule has 0 radical (unpaired) electrons. The third-order valence-electron chi connectivity index (χ3n) is 8.28. The lowest BCUT2D eigenvalue weighted by molar-refractivity contribution is -0.155. The van der Waals surface area contributed by atoms with Crippen LogP contribution in [0.15, 0.2) is 30.9 Å². The van der Waals surface area contributed by atoms with Crippen LogP contribution < -0.4 is 4.90 Å². The summed E-state index contributed by atoms with van der Waals surface area (Å²) in [6.07, 6.45) is 4.08. The van der Waals surface area contributed by atoms with E-state index >= 15 is 0 Å². The molecular weight excluding hydrogens is 448 g/mol. The van der Waals surface area contributed by atoms with E-state index in [4.69, 9.17) is 4.74 Å². The summed E-state index contributed by atoms with van der Waals surface area (Å²) < 4.78 is 6.59. The lowest BCUT2D eigenvalue weighted by Gasteiger charge is -2.37. The van der Waals surface area contributed by atoms with Crippen molar-refractivity contribution in [2.24, 2.45) is 11.8 Å². The Labute approximate surface area is 206 Å². The van der Waals surface area contributed by atoms with E-state index in [9.17, 15) is 24.6 Å². The van der Waals surface area contributed by atoms with E-state index in [-0.39, 0.29) is 31.5 Å². The molecule has 0 saturated carbocycles. The van der Waals surface area contributed by atoms with Gasteiger partial charge in [-0.3, -0.25) is 14.4 Å². The molecule has 5 atom stereocenters. The SMILES string of the molecule is C=CCN(C(=O)C1N(CCCCO)C(=O)[C@@H]2[C@@H](C(=O)O)[C@@]3(CC)CCC12O3)c1c(C)cccc1C. The summed E-state index contributed by atoms with van der Waals surface area (Å²) in [6.45, 7) is 10.1. The molecule has 35 heavy (non-hydrogen) atoms. The number of rotatable bonds is 10. The molecule has 1 aromatic rings. The summed E-state index contributed by atoms with van der Waals surface area (Å²) in [7, 11) is 0. The van der Waals surface area contributed by atoms with Crippen molar-refractivity contribution < 1.29 is 29.3 Å². The monoisotopic (exact) mass is 484 g/mol. The molecule has 3 saturated heterocycles. The van der Waals surface area contributed by atoms with Gasteiger partial charge in [0.2, 0.25) is 5.91 Å². The van der Waals surface area contributed by atoms with Gasteiger partial charge in [-0.25, -0.2) is 0 Å². The highest BCUT2D eigenvalue weighted by atomic mass is 16.5. The van der Waals surface area contributed by atoms with Crippen LogP contribution in [0, 0.1) is 25.7 Å². The summed E-state index contributed by atoms with van der Waals surface area (Å²) in [5.41, 5.74) is 0.505. The van der Waals surface area contributed by atoms with E-state index in [0.29, 0.717) is 32.1 Å². The third kappa shape index (κ3) is 3.69. The highest BCUT2D eigenvalue weighted by Crippen LogP contribution is 2.64. The number of amides is 2. The van der Waals surface area contributed by atoms with Crippen molar-refractivity contribution in [3.8, 4) is 0 Å². The minimum absolute atomic E-state index is 0.0204. The number of likely N-dealkylation sites (tertiary alicyclic amines) is 1. The van der Waals surface area contributed by atoms with Crippen molar-refractivity contribution in [3.05, 3.63) is 42.0 Å². The molecule has 4 rings (SSSR count). The number of anilines is 1. The van der Waals surface area contributed by atoms with Crippen LogP contribution in [0.3, 0.4) is 0 Å². The van der Waals surface area contributed by atoms with Gasteiger partial charge in [0, 0.05) is 25.4 Å². The fraction of sp³-hybridized carbons (Fsp3) is 0.593. The van der Waals surface area contributed by atoms with E-state index < -0.39 is 35.0 Å².